The summed E-state index contributed by atoms with van der Waals surface area (Å²) >= 11 is 1.85. The molecule has 2 heteroatoms. The van der Waals surface area contributed by atoms with Gasteiger partial charge in [0.2, 0.25) is 0 Å². The average Bonchev–Trinajstić information content (AvgIpc) is 2.72. The van der Waals surface area contributed by atoms with Crippen molar-refractivity contribution in [2.24, 2.45) is 5.92 Å². The van der Waals surface area contributed by atoms with Crippen molar-refractivity contribution in [1.29, 1.82) is 0 Å². The van der Waals surface area contributed by atoms with Gasteiger partial charge in [-0.25, -0.2) is 0 Å². The molecule has 16 heavy (non-hydrogen) atoms. The molecule has 0 fully saturated rings. The molecule has 1 aromatic rings. The SMILES string of the molecule is CCC(C)CC(O)c1cc2c(s1)CCCC2. The third kappa shape index (κ3) is 2.67. The van der Waals surface area contributed by atoms with Crippen LogP contribution in [-0.4, -0.2) is 5.11 Å². The first kappa shape index (κ1) is 12.1. The fourth-order valence-electron chi connectivity index (χ4n) is 2.34. The topological polar surface area (TPSA) is 20.2 Å². The predicted octanol–water partition coefficient (Wildman–Crippen LogP) is 4.10. The van der Waals surface area contributed by atoms with Gasteiger partial charge in [-0.2, -0.15) is 0 Å². The molecule has 90 valence electrons. The maximum absolute atomic E-state index is 10.2. The van der Waals surface area contributed by atoms with E-state index in [0.717, 1.165) is 12.8 Å². The molecule has 0 bridgehead atoms. The summed E-state index contributed by atoms with van der Waals surface area (Å²) in [5, 5.41) is 10.2. The third-order valence-electron chi connectivity index (χ3n) is 3.67. The molecule has 1 aliphatic rings. The van der Waals surface area contributed by atoms with Crippen molar-refractivity contribution >= 4 is 11.3 Å². The molecule has 2 unspecified atom stereocenters. The summed E-state index contributed by atoms with van der Waals surface area (Å²) in [5.74, 6) is 0.620. The Hall–Kier alpha value is -0.340. The van der Waals surface area contributed by atoms with E-state index < -0.39 is 0 Å². The van der Waals surface area contributed by atoms with Gasteiger partial charge >= 0.3 is 0 Å². The van der Waals surface area contributed by atoms with Crippen LogP contribution in [0.3, 0.4) is 0 Å². The van der Waals surface area contributed by atoms with Gasteiger partial charge in [0, 0.05) is 9.75 Å². The van der Waals surface area contributed by atoms with Crippen molar-refractivity contribution in [3.8, 4) is 0 Å². The molecular formula is C14H22OS. The van der Waals surface area contributed by atoms with Gasteiger partial charge in [0.15, 0.2) is 0 Å². The molecule has 1 aromatic heterocycles. The van der Waals surface area contributed by atoms with Crippen molar-refractivity contribution in [2.45, 2.75) is 58.5 Å². The summed E-state index contributed by atoms with van der Waals surface area (Å²) in [4.78, 5) is 2.73. The molecule has 0 amide bonds. The second-order valence-corrected chi connectivity index (χ2v) is 6.24. The summed E-state index contributed by atoms with van der Waals surface area (Å²) in [5.41, 5.74) is 1.51. The predicted molar refractivity (Wildman–Crippen MR) is 70.0 cm³/mol. The van der Waals surface area contributed by atoms with Crippen molar-refractivity contribution in [3.63, 3.8) is 0 Å². The zero-order valence-corrected chi connectivity index (χ0v) is 11.1. The quantitative estimate of drug-likeness (QED) is 0.837. The number of aryl methyl sites for hydroxylation is 2. The highest BCUT2D eigenvalue weighted by molar-refractivity contribution is 7.12. The number of aliphatic hydroxyl groups excluding tert-OH is 1. The van der Waals surface area contributed by atoms with Crippen LogP contribution in [0, 0.1) is 5.92 Å². The van der Waals surface area contributed by atoms with E-state index in [1.54, 1.807) is 0 Å². The minimum Gasteiger partial charge on any atom is -0.388 e. The van der Waals surface area contributed by atoms with Gasteiger partial charge in [0.25, 0.3) is 0 Å². The van der Waals surface area contributed by atoms with E-state index in [-0.39, 0.29) is 6.10 Å². The Morgan fingerprint density at radius 1 is 1.38 bits per heavy atom. The van der Waals surface area contributed by atoms with Gasteiger partial charge < -0.3 is 5.11 Å². The molecule has 0 radical (unpaired) electrons. The second-order valence-electron chi connectivity index (χ2n) is 5.07. The molecule has 2 rings (SSSR count). The smallest absolute Gasteiger partial charge is 0.0884 e. The first-order chi connectivity index (χ1) is 7.70. The normalized spacial score (nSPS) is 19.2. The molecule has 1 nitrogen and oxygen atoms in total. The summed E-state index contributed by atoms with van der Waals surface area (Å²) in [6, 6.07) is 2.26. The van der Waals surface area contributed by atoms with E-state index >= 15 is 0 Å². The third-order valence-corrected chi connectivity index (χ3v) is 5.00. The van der Waals surface area contributed by atoms with Gasteiger partial charge in [0.05, 0.1) is 6.10 Å². The van der Waals surface area contributed by atoms with E-state index in [0.29, 0.717) is 5.92 Å². The first-order valence-corrected chi connectivity index (χ1v) is 7.32. The Labute approximate surface area is 103 Å². The summed E-state index contributed by atoms with van der Waals surface area (Å²) < 4.78 is 0. The Bertz CT molecular complexity index is 319. The van der Waals surface area contributed by atoms with Crippen LogP contribution in [0.1, 0.15) is 61.0 Å². The maximum Gasteiger partial charge on any atom is 0.0884 e. The second kappa shape index (κ2) is 5.33. The number of thiophene rings is 1. The van der Waals surface area contributed by atoms with Gasteiger partial charge in [-0.05, 0) is 49.7 Å². The monoisotopic (exact) mass is 238 g/mol. The molecule has 1 aliphatic carbocycles. The Balaban J connectivity index is 2.05. The van der Waals surface area contributed by atoms with Crippen LogP contribution in [-0.2, 0) is 12.8 Å². The largest absolute Gasteiger partial charge is 0.388 e. The highest BCUT2D eigenvalue weighted by Gasteiger charge is 2.18. The lowest BCUT2D eigenvalue weighted by Gasteiger charge is -2.13. The summed E-state index contributed by atoms with van der Waals surface area (Å²) in [6.45, 7) is 4.41. The van der Waals surface area contributed by atoms with Crippen LogP contribution >= 0.6 is 11.3 Å². The lowest BCUT2D eigenvalue weighted by Crippen LogP contribution is -2.01. The van der Waals surface area contributed by atoms with E-state index in [1.807, 2.05) is 11.3 Å². The lowest BCUT2D eigenvalue weighted by molar-refractivity contribution is 0.150. The summed E-state index contributed by atoms with van der Waals surface area (Å²) in [6.07, 6.45) is 6.94. The number of aliphatic hydroxyl groups is 1. The number of fused-ring (bicyclic) bond motifs is 1. The van der Waals surface area contributed by atoms with E-state index in [2.05, 4.69) is 19.9 Å². The Morgan fingerprint density at radius 2 is 2.12 bits per heavy atom. The van der Waals surface area contributed by atoms with Crippen LogP contribution < -0.4 is 0 Å². The van der Waals surface area contributed by atoms with Crippen molar-refractivity contribution < 1.29 is 5.11 Å². The molecular weight excluding hydrogens is 216 g/mol. The molecule has 1 N–H and O–H groups in total. The zero-order valence-electron chi connectivity index (χ0n) is 10.3. The van der Waals surface area contributed by atoms with Gasteiger partial charge in [-0.1, -0.05) is 20.3 Å². The highest BCUT2D eigenvalue weighted by Crippen LogP contribution is 2.35. The van der Waals surface area contributed by atoms with Crippen molar-refractivity contribution in [3.05, 3.63) is 21.4 Å². The van der Waals surface area contributed by atoms with Gasteiger partial charge in [-0.3, -0.25) is 0 Å². The summed E-state index contributed by atoms with van der Waals surface area (Å²) in [7, 11) is 0. The lowest BCUT2D eigenvalue weighted by atomic mass is 9.97. The fraction of sp³-hybridized carbons (Fsp3) is 0.714. The fourth-order valence-corrected chi connectivity index (χ4v) is 3.60. The van der Waals surface area contributed by atoms with Crippen LogP contribution in [0.5, 0.6) is 0 Å². The molecule has 0 aliphatic heterocycles. The minimum atomic E-state index is -0.231. The van der Waals surface area contributed by atoms with Crippen LogP contribution in [0.15, 0.2) is 6.07 Å². The molecule has 0 spiro atoms. The maximum atomic E-state index is 10.2. The number of hydrogen-bond acceptors (Lipinski definition) is 2. The van der Waals surface area contributed by atoms with Crippen LogP contribution in [0.25, 0.3) is 0 Å². The highest BCUT2D eigenvalue weighted by atomic mass is 32.1. The Kier molecular flexibility index (Phi) is 4.04. The van der Waals surface area contributed by atoms with Crippen LogP contribution in [0.4, 0.5) is 0 Å². The zero-order chi connectivity index (χ0) is 11.5. The van der Waals surface area contributed by atoms with Gasteiger partial charge in [-0.15, -0.1) is 11.3 Å². The number of hydrogen-bond donors (Lipinski definition) is 1. The first-order valence-electron chi connectivity index (χ1n) is 6.50. The van der Waals surface area contributed by atoms with Crippen molar-refractivity contribution in [1.82, 2.24) is 0 Å². The molecule has 0 aromatic carbocycles. The van der Waals surface area contributed by atoms with E-state index in [9.17, 15) is 5.11 Å². The molecule has 1 heterocycles. The minimum absolute atomic E-state index is 0.231. The standard InChI is InChI=1S/C14H22OS/c1-3-10(2)8-12(15)14-9-11-6-4-5-7-13(11)16-14/h9-10,12,15H,3-8H2,1-2H3. The van der Waals surface area contributed by atoms with E-state index in [1.165, 1.54) is 41.0 Å². The number of rotatable bonds is 4. The Morgan fingerprint density at radius 3 is 2.81 bits per heavy atom. The van der Waals surface area contributed by atoms with E-state index in [4.69, 9.17) is 0 Å². The molecule has 0 saturated carbocycles. The average molecular weight is 238 g/mol. The van der Waals surface area contributed by atoms with Crippen LogP contribution in [0.2, 0.25) is 0 Å². The molecule has 2 atom stereocenters. The van der Waals surface area contributed by atoms with Crippen molar-refractivity contribution in [2.75, 3.05) is 0 Å². The molecule has 0 saturated heterocycles. The van der Waals surface area contributed by atoms with Gasteiger partial charge in [0.1, 0.15) is 0 Å².